The Morgan fingerprint density at radius 1 is 0.959 bits per heavy atom. The molecule has 0 saturated carbocycles. The third-order valence-electron chi connectivity index (χ3n) is 10.6. The lowest BCUT2D eigenvalue weighted by Crippen LogP contribution is -2.47. The number of imide groups is 1. The number of halogens is 2. The van der Waals surface area contributed by atoms with Gasteiger partial charge in [-0.15, -0.1) is 0 Å². The molecule has 13 heteroatoms. The number of rotatable bonds is 8. The Balaban J connectivity index is 0.934. The first-order valence-corrected chi connectivity index (χ1v) is 17.7. The average Bonchev–Trinajstić information content (AvgIpc) is 3.60. The number of anilines is 2. The molecule has 1 atom stereocenters. The molecule has 1 unspecified atom stereocenters. The van der Waals surface area contributed by atoms with Gasteiger partial charge in [0.1, 0.15) is 17.3 Å². The van der Waals surface area contributed by atoms with Gasteiger partial charge in [-0.2, -0.15) is 5.10 Å². The van der Waals surface area contributed by atoms with Gasteiger partial charge in [-0.1, -0.05) is 23.2 Å². The number of methoxy groups -OCH3 is 1. The van der Waals surface area contributed by atoms with Crippen molar-refractivity contribution in [1.29, 1.82) is 0 Å². The molecule has 2 aromatic carbocycles. The highest BCUT2D eigenvalue weighted by Gasteiger charge is 2.31. The number of hydrogen-bond acceptors (Lipinski definition) is 8. The van der Waals surface area contributed by atoms with Gasteiger partial charge in [-0.3, -0.25) is 29.7 Å². The Hall–Kier alpha value is -4.06. The number of piperidine rings is 3. The molecule has 11 nitrogen and oxygen atoms in total. The van der Waals surface area contributed by atoms with Crippen LogP contribution in [0.15, 0.2) is 47.5 Å². The minimum Gasteiger partial charge on any atom is -0.496 e. The first-order valence-electron chi connectivity index (χ1n) is 16.9. The molecule has 2 aromatic heterocycles. The molecule has 3 N–H and O–H groups in total. The van der Waals surface area contributed by atoms with Crippen molar-refractivity contribution < 1.29 is 14.3 Å². The Morgan fingerprint density at radius 3 is 2.39 bits per heavy atom. The van der Waals surface area contributed by atoms with Gasteiger partial charge in [0.15, 0.2) is 0 Å². The normalized spacial score (nSPS) is 19.8. The van der Waals surface area contributed by atoms with E-state index in [0.717, 1.165) is 97.6 Å². The highest BCUT2D eigenvalue weighted by atomic mass is 35.5. The summed E-state index contributed by atoms with van der Waals surface area (Å²) in [5.74, 6) is 1.59. The Morgan fingerprint density at radius 2 is 1.69 bits per heavy atom. The van der Waals surface area contributed by atoms with Crippen LogP contribution in [-0.2, 0) is 23.2 Å². The largest absolute Gasteiger partial charge is 0.496 e. The van der Waals surface area contributed by atoms with Crippen LogP contribution < -0.4 is 25.8 Å². The Labute approximate surface area is 294 Å². The standard InChI is InChI=1S/C36H41Cl2N7O4/c1-43-19-26(25-18-39-42-34(25)36(43)48)23-15-28(37)27(32(16-23)49-2)20-44-11-7-21(8-12-44)22-9-13-45(14-10-22)31-5-3-24(17-29(31)38)40-30-4-6-33(46)41-35(30)47/h3,5,15-19,21-22,30,40H,4,6-14,20H2,1-2H3,(H,39,42)(H,41,46,47). The number of fused-ring (bicyclic) bond motifs is 1. The highest BCUT2D eigenvalue weighted by molar-refractivity contribution is 6.33. The fourth-order valence-electron chi connectivity index (χ4n) is 7.79. The lowest BCUT2D eigenvalue weighted by atomic mass is 9.78. The van der Waals surface area contributed by atoms with Crippen molar-refractivity contribution in [2.24, 2.45) is 18.9 Å². The fraction of sp³-hybridized carbons (Fsp3) is 0.444. The smallest absolute Gasteiger partial charge is 0.276 e. The summed E-state index contributed by atoms with van der Waals surface area (Å²) in [5.41, 5.74) is 4.85. The van der Waals surface area contributed by atoms with Crippen LogP contribution in [0.4, 0.5) is 11.4 Å². The van der Waals surface area contributed by atoms with Crippen molar-refractivity contribution in [2.75, 3.05) is 43.5 Å². The maximum absolute atomic E-state index is 12.5. The van der Waals surface area contributed by atoms with Crippen molar-refractivity contribution in [3.63, 3.8) is 0 Å². The number of amides is 2. The van der Waals surface area contributed by atoms with E-state index in [1.54, 1.807) is 24.9 Å². The number of aromatic amines is 1. The molecule has 49 heavy (non-hydrogen) atoms. The van der Waals surface area contributed by atoms with Gasteiger partial charge in [0.2, 0.25) is 11.8 Å². The molecule has 0 bridgehead atoms. The molecule has 0 spiro atoms. The van der Waals surface area contributed by atoms with E-state index in [0.29, 0.717) is 40.2 Å². The molecule has 3 saturated heterocycles. The van der Waals surface area contributed by atoms with Crippen LogP contribution in [0.1, 0.15) is 44.1 Å². The summed E-state index contributed by atoms with van der Waals surface area (Å²) < 4.78 is 7.40. The van der Waals surface area contributed by atoms with E-state index >= 15 is 0 Å². The highest BCUT2D eigenvalue weighted by Crippen LogP contribution is 2.39. The number of aromatic nitrogens is 3. The molecule has 258 valence electrons. The lowest BCUT2D eigenvalue weighted by molar-refractivity contribution is -0.133. The quantitative estimate of drug-likeness (QED) is 0.203. The third kappa shape index (κ3) is 6.89. The SMILES string of the molecule is COc1cc(-c2cn(C)c(=O)c3[nH]ncc23)cc(Cl)c1CN1CCC(C2CCN(c3ccc(NC4CCC(=O)NC4=O)cc3Cl)CC2)CC1. The second kappa shape index (κ2) is 14.0. The predicted molar refractivity (Wildman–Crippen MR) is 193 cm³/mol. The number of pyridine rings is 1. The molecule has 0 aliphatic carbocycles. The second-order valence-electron chi connectivity index (χ2n) is 13.5. The monoisotopic (exact) mass is 705 g/mol. The van der Waals surface area contributed by atoms with Crippen LogP contribution in [-0.4, -0.2) is 70.8 Å². The number of carbonyl (C=O) groups excluding carboxylic acids is 2. The number of hydrogen-bond donors (Lipinski definition) is 3. The summed E-state index contributed by atoms with van der Waals surface area (Å²) in [4.78, 5) is 41.0. The summed E-state index contributed by atoms with van der Waals surface area (Å²) >= 11 is 13.7. The number of H-pyrrole nitrogens is 1. The fourth-order valence-corrected chi connectivity index (χ4v) is 8.36. The van der Waals surface area contributed by atoms with Crippen LogP contribution in [0.2, 0.25) is 10.0 Å². The second-order valence-corrected chi connectivity index (χ2v) is 14.3. The molecular weight excluding hydrogens is 665 g/mol. The van der Waals surface area contributed by atoms with Gasteiger partial charge < -0.3 is 19.5 Å². The zero-order valence-electron chi connectivity index (χ0n) is 27.7. The summed E-state index contributed by atoms with van der Waals surface area (Å²) in [6.45, 7) is 4.66. The minimum absolute atomic E-state index is 0.128. The summed E-state index contributed by atoms with van der Waals surface area (Å²) in [6.07, 6.45) is 8.86. The summed E-state index contributed by atoms with van der Waals surface area (Å²) in [7, 11) is 3.40. The number of nitrogens with zero attached hydrogens (tertiary/aromatic N) is 4. The predicted octanol–water partition coefficient (Wildman–Crippen LogP) is 5.59. The van der Waals surface area contributed by atoms with E-state index in [4.69, 9.17) is 27.9 Å². The van der Waals surface area contributed by atoms with Crippen LogP contribution in [0.3, 0.4) is 0 Å². The van der Waals surface area contributed by atoms with E-state index in [1.807, 2.05) is 36.5 Å². The molecular formula is C36H41Cl2N7O4. The number of carbonyl (C=O) groups is 2. The van der Waals surface area contributed by atoms with E-state index in [2.05, 4.69) is 30.6 Å². The first kappa shape index (κ1) is 33.4. The van der Waals surface area contributed by atoms with Crippen molar-refractivity contribution in [3.8, 4) is 16.9 Å². The van der Waals surface area contributed by atoms with Crippen LogP contribution >= 0.6 is 23.2 Å². The molecule has 7 rings (SSSR count). The average molecular weight is 707 g/mol. The molecule has 2 amide bonds. The lowest BCUT2D eigenvalue weighted by Gasteiger charge is -2.41. The third-order valence-corrected chi connectivity index (χ3v) is 11.2. The maximum atomic E-state index is 12.5. The zero-order chi connectivity index (χ0) is 34.2. The maximum Gasteiger partial charge on any atom is 0.276 e. The van der Waals surface area contributed by atoms with Crippen LogP contribution in [0.5, 0.6) is 5.75 Å². The van der Waals surface area contributed by atoms with Gasteiger partial charge in [0.05, 0.1) is 24.0 Å². The minimum atomic E-state index is -0.436. The van der Waals surface area contributed by atoms with E-state index in [1.165, 1.54) is 0 Å². The molecule has 5 heterocycles. The number of nitrogens with one attached hydrogen (secondary N) is 3. The van der Waals surface area contributed by atoms with Gasteiger partial charge in [0.25, 0.3) is 5.56 Å². The summed E-state index contributed by atoms with van der Waals surface area (Å²) in [6, 6.07) is 9.39. The van der Waals surface area contributed by atoms with Crippen LogP contribution in [0, 0.1) is 11.8 Å². The van der Waals surface area contributed by atoms with E-state index in [-0.39, 0.29) is 17.4 Å². The van der Waals surface area contributed by atoms with Crippen LogP contribution in [0.25, 0.3) is 22.0 Å². The molecule has 4 aromatic rings. The van der Waals surface area contributed by atoms with Crippen molar-refractivity contribution in [3.05, 3.63) is 68.7 Å². The van der Waals surface area contributed by atoms with Gasteiger partial charge in [-0.25, -0.2) is 0 Å². The van der Waals surface area contributed by atoms with Crippen molar-refractivity contribution >= 4 is 57.3 Å². The van der Waals surface area contributed by atoms with E-state index in [9.17, 15) is 14.4 Å². The van der Waals surface area contributed by atoms with E-state index < -0.39 is 6.04 Å². The molecule has 0 radical (unpaired) electrons. The number of likely N-dealkylation sites (tertiary alicyclic amines) is 1. The molecule has 3 aliphatic rings. The molecule has 3 aliphatic heterocycles. The zero-order valence-corrected chi connectivity index (χ0v) is 29.2. The Kier molecular flexibility index (Phi) is 9.59. The first-order chi connectivity index (χ1) is 23.7. The Bertz CT molecular complexity index is 1940. The number of ether oxygens (including phenoxy) is 1. The van der Waals surface area contributed by atoms with Gasteiger partial charge in [-0.05, 0) is 92.9 Å². The van der Waals surface area contributed by atoms with Crippen molar-refractivity contribution in [2.45, 2.75) is 51.1 Å². The topological polar surface area (TPSA) is 125 Å². The van der Waals surface area contributed by atoms with Crippen molar-refractivity contribution in [1.82, 2.24) is 25.0 Å². The molecule has 3 fully saturated rings. The number of benzene rings is 2. The summed E-state index contributed by atoms with van der Waals surface area (Å²) in [5, 5.41) is 14.6. The number of aryl methyl sites for hydroxylation is 1. The van der Waals surface area contributed by atoms with Gasteiger partial charge >= 0.3 is 0 Å². The van der Waals surface area contributed by atoms with Gasteiger partial charge in [0, 0.05) is 66.5 Å².